The summed E-state index contributed by atoms with van der Waals surface area (Å²) in [6.07, 6.45) is 0. The van der Waals surface area contributed by atoms with Crippen LogP contribution in [-0.2, 0) is 0 Å². The fourth-order valence-corrected chi connectivity index (χ4v) is 2.06. The first-order valence-corrected chi connectivity index (χ1v) is 7.08. The summed E-state index contributed by atoms with van der Waals surface area (Å²) in [5.74, 6) is -3.83. The maximum absolute atomic E-state index is 10.7. The van der Waals surface area contributed by atoms with Crippen LogP contribution in [0.2, 0.25) is 0 Å². The normalized spacial score (nSPS) is 10.7. The Bertz CT molecular complexity index is 429. The molecule has 6 heteroatoms. The first-order valence-electron chi connectivity index (χ1n) is 7.08. The second kappa shape index (κ2) is 8.36. The van der Waals surface area contributed by atoms with Gasteiger partial charge in [-0.3, -0.25) is 0 Å². The summed E-state index contributed by atoms with van der Waals surface area (Å²) < 4.78 is 1.28. The van der Waals surface area contributed by atoms with Gasteiger partial charge in [-0.2, -0.15) is 0 Å². The number of quaternary nitrogens is 1. The summed E-state index contributed by atoms with van der Waals surface area (Å²) in [5.41, 5.74) is -0.329. The van der Waals surface area contributed by atoms with Gasteiger partial charge < -0.3 is 24.9 Å². The highest BCUT2D eigenvalue weighted by Crippen LogP contribution is 2.32. The number of hydrogen-bond acceptors (Lipinski definition) is 4. The first-order chi connectivity index (χ1) is 9.76. The third-order valence-corrected chi connectivity index (χ3v) is 3.98. The predicted molar refractivity (Wildman–Crippen MR) is 78.6 cm³/mol. The van der Waals surface area contributed by atoms with Crippen molar-refractivity contribution in [2.75, 3.05) is 26.2 Å². The molecule has 0 spiro atoms. The fraction of sp³-hybridized carbons (Fsp3) is 0.533. The molecular formula is C15H25NO5. The zero-order valence-corrected chi connectivity index (χ0v) is 13.1. The number of phenols is 2. The number of carboxylic acid groups (broad SMARTS) is 1. The molecule has 1 aromatic carbocycles. The van der Waals surface area contributed by atoms with Crippen LogP contribution in [0.4, 0.5) is 0 Å². The molecule has 0 aliphatic heterocycles. The van der Waals surface area contributed by atoms with E-state index in [1.807, 2.05) is 0 Å². The molecule has 1 aromatic rings. The number of rotatable bonds is 5. The number of nitrogens with zero attached hydrogens (tertiary/aromatic N) is 1. The Kier molecular flexibility index (Phi) is 7.59. The number of carboxylic acids is 1. The molecule has 0 heterocycles. The van der Waals surface area contributed by atoms with Gasteiger partial charge in [0.2, 0.25) is 0 Å². The lowest BCUT2D eigenvalue weighted by Gasteiger charge is -2.34. The molecule has 0 unspecified atom stereocenters. The molecule has 0 saturated carbocycles. The van der Waals surface area contributed by atoms with Crippen molar-refractivity contribution in [3.63, 3.8) is 0 Å². The summed E-state index contributed by atoms with van der Waals surface area (Å²) in [5, 5.41) is 36.6. The smallest absolute Gasteiger partial charge is 0.335 e. The third-order valence-electron chi connectivity index (χ3n) is 3.98. The third kappa shape index (κ3) is 5.15. The molecule has 3 N–H and O–H groups in total. The van der Waals surface area contributed by atoms with E-state index < -0.39 is 23.2 Å². The predicted octanol–water partition coefficient (Wildman–Crippen LogP) is 1.75. The average molecular weight is 299 g/mol. The van der Waals surface area contributed by atoms with E-state index in [1.165, 1.54) is 30.7 Å². The van der Waals surface area contributed by atoms with E-state index in [0.717, 1.165) is 12.1 Å². The summed E-state index contributed by atoms with van der Waals surface area (Å²) in [4.78, 5) is 10.3. The van der Waals surface area contributed by atoms with E-state index in [2.05, 4.69) is 27.7 Å². The molecule has 6 nitrogen and oxygen atoms in total. The highest BCUT2D eigenvalue weighted by atomic mass is 16.4. The van der Waals surface area contributed by atoms with Crippen LogP contribution in [0.15, 0.2) is 12.1 Å². The maximum atomic E-state index is 10.7. The number of aromatic carboxylic acids is 1. The Morgan fingerprint density at radius 2 is 1.33 bits per heavy atom. The Hall–Kier alpha value is -1.95. The van der Waals surface area contributed by atoms with E-state index in [-0.39, 0.29) is 5.56 Å². The molecule has 0 saturated heterocycles. The summed E-state index contributed by atoms with van der Waals surface area (Å²) >= 11 is 0. The largest absolute Gasteiger partial charge is 0.867 e. The lowest BCUT2D eigenvalue weighted by molar-refractivity contribution is -0.921. The van der Waals surface area contributed by atoms with Crippen LogP contribution < -0.4 is 5.11 Å². The fourth-order valence-electron chi connectivity index (χ4n) is 2.06. The van der Waals surface area contributed by atoms with E-state index in [9.17, 15) is 9.90 Å². The zero-order valence-electron chi connectivity index (χ0n) is 13.1. The second-order valence-corrected chi connectivity index (χ2v) is 4.76. The van der Waals surface area contributed by atoms with Crippen LogP contribution in [0.1, 0.15) is 38.1 Å². The number of aromatic hydroxyl groups is 2. The van der Waals surface area contributed by atoms with E-state index >= 15 is 0 Å². The molecule has 0 bridgehead atoms. The van der Waals surface area contributed by atoms with Crippen molar-refractivity contribution in [3.05, 3.63) is 17.7 Å². The molecule has 0 amide bonds. The van der Waals surface area contributed by atoms with Crippen LogP contribution in [0.5, 0.6) is 17.2 Å². The molecule has 1 rings (SSSR count). The van der Waals surface area contributed by atoms with Crippen molar-refractivity contribution < 1.29 is 29.7 Å². The van der Waals surface area contributed by atoms with Crippen molar-refractivity contribution >= 4 is 5.97 Å². The molecule has 120 valence electrons. The van der Waals surface area contributed by atoms with E-state index in [1.54, 1.807) is 0 Å². The molecule has 21 heavy (non-hydrogen) atoms. The van der Waals surface area contributed by atoms with Gasteiger partial charge in [0.25, 0.3) is 0 Å². The first kappa shape index (κ1) is 19.1. The molecule has 0 atom stereocenters. The lowest BCUT2D eigenvalue weighted by atomic mass is 10.2. The van der Waals surface area contributed by atoms with Gasteiger partial charge >= 0.3 is 5.97 Å². The number of phenolic OH excluding ortho intramolecular Hbond substituents is 2. The second-order valence-electron chi connectivity index (χ2n) is 4.76. The van der Waals surface area contributed by atoms with E-state index in [0.29, 0.717) is 0 Å². The van der Waals surface area contributed by atoms with Crippen molar-refractivity contribution in [1.29, 1.82) is 0 Å². The minimum atomic E-state index is -1.32. The number of hydrogen-bond donors (Lipinski definition) is 3. The Morgan fingerprint density at radius 1 is 1.00 bits per heavy atom. The molecular weight excluding hydrogens is 274 g/mol. The maximum Gasteiger partial charge on any atom is 0.335 e. The van der Waals surface area contributed by atoms with Gasteiger partial charge in [-0.1, -0.05) is 0 Å². The minimum Gasteiger partial charge on any atom is -0.867 e. The zero-order chi connectivity index (χ0) is 16.6. The minimum absolute atomic E-state index is 0.329. The van der Waals surface area contributed by atoms with E-state index in [4.69, 9.17) is 15.3 Å². The molecule has 0 fully saturated rings. The molecule has 0 radical (unpaired) electrons. The van der Waals surface area contributed by atoms with Crippen LogP contribution in [0, 0.1) is 0 Å². The molecule has 0 aromatic heterocycles. The van der Waals surface area contributed by atoms with Crippen molar-refractivity contribution in [2.24, 2.45) is 0 Å². The van der Waals surface area contributed by atoms with Crippen molar-refractivity contribution in [3.8, 4) is 17.2 Å². The average Bonchev–Trinajstić information content (AvgIpc) is 2.48. The quantitative estimate of drug-likeness (QED) is 0.719. The summed E-state index contributed by atoms with van der Waals surface area (Å²) in [6.45, 7) is 14.2. The monoisotopic (exact) mass is 299 g/mol. The SMILES string of the molecule is CC[N+](CC)(CC)CC.O=C(O)c1cc(O)c([O-])c(O)c1. The van der Waals surface area contributed by atoms with Gasteiger partial charge in [-0.25, -0.2) is 4.79 Å². The topological polar surface area (TPSA) is 101 Å². The van der Waals surface area contributed by atoms with Gasteiger partial charge in [0.15, 0.2) is 0 Å². The van der Waals surface area contributed by atoms with Crippen LogP contribution in [0.25, 0.3) is 0 Å². The lowest BCUT2D eigenvalue weighted by Crippen LogP contribution is -2.47. The van der Waals surface area contributed by atoms with Gasteiger partial charge in [-0.15, -0.1) is 0 Å². The van der Waals surface area contributed by atoms with Gasteiger partial charge in [0.05, 0.1) is 31.7 Å². The van der Waals surface area contributed by atoms with Crippen LogP contribution >= 0.6 is 0 Å². The summed E-state index contributed by atoms with van der Waals surface area (Å²) in [7, 11) is 0. The van der Waals surface area contributed by atoms with Crippen molar-refractivity contribution in [1.82, 2.24) is 0 Å². The van der Waals surface area contributed by atoms with Crippen LogP contribution in [-0.4, -0.2) is 52.0 Å². The summed E-state index contributed by atoms with van der Waals surface area (Å²) in [6, 6.07) is 1.56. The Balaban J connectivity index is 0.000000400. The highest BCUT2D eigenvalue weighted by molar-refractivity contribution is 5.89. The van der Waals surface area contributed by atoms with Gasteiger partial charge in [-0.05, 0) is 45.6 Å². The number of carbonyl (C=O) groups is 1. The Labute approximate surface area is 125 Å². The highest BCUT2D eigenvalue weighted by Gasteiger charge is 2.16. The van der Waals surface area contributed by atoms with Gasteiger partial charge in [0, 0.05) is 0 Å². The molecule has 0 aliphatic carbocycles. The van der Waals surface area contributed by atoms with Gasteiger partial charge in [0.1, 0.15) is 11.5 Å². The Morgan fingerprint density at radius 3 is 1.52 bits per heavy atom. The number of benzene rings is 1. The molecule has 0 aliphatic rings. The van der Waals surface area contributed by atoms with Crippen LogP contribution in [0.3, 0.4) is 0 Å². The standard InChI is InChI=1S/C8H20N.C7H6O5/c1-5-9(6-2,7-3)8-4;8-4-1-3(7(11)12)2-5(9)6(4)10/h5-8H2,1-4H3;1-2,8-10H,(H,11,12)/q+1;/p-1. The van der Waals surface area contributed by atoms with Crippen molar-refractivity contribution in [2.45, 2.75) is 27.7 Å².